The van der Waals surface area contributed by atoms with Gasteiger partial charge in [-0.3, -0.25) is 9.36 Å². The Labute approximate surface area is 215 Å². The summed E-state index contributed by atoms with van der Waals surface area (Å²) in [6.45, 7) is 0. The number of anilines is 3. The lowest BCUT2D eigenvalue weighted by atomic mass is 9.85. The third-order valence-electron chi connectivity index (χ3n) is 7.04. The molecule has 13 heteroatoms. The molecule has 4 N–H and O–H groups in total. The van der Waals surface area contributed by atoms with E-state index in [1.54, 1.807) is 4.57 Å². The summed E-state index contributed by atoms with van der Waals surface area (Å²) in [5, 5.41) is 15.0. The Hall–Kier alpha value is -3.59. The van der Waals surface area contributed by atoms with Gasteiger partial charge in [0.25, 0.3) is 0 Å². The SMILES string of the molecule is N#Cc1cc(F)c(Nc2nc3cnc(N[C@H]4CCC(F)(F)C4)nc3n2C2CCC(C(N)=O)CC2)c(Cl)c1. The van der Waals surface area contributed by atoms with Gasteiger partial charge in [0.05, 0.1) is 28.5 Å². The first-order valence-corrected chi connectivity index (χ1v) is 12.4. The van der Waals surface area contributed by atoms with Crippen LogP contribution in [0.1, 0.15) is 56.6 Å². The number of halogens is 4. The standard InChI is InChI=1S/C24H24ClF3N8O/c25-16-7-12(10-29)8-17(26)19(16)34-23-33-18-11-31-22(32-14-5-6-24(27,28)9-14)35-21(18)36(23)15-3-1-13(2-4-15)20(30)37/h7-8,11,13-15H,1-6,9H2,(H2,30,37)(H,33,34)(H,31,32,35)/t13?,14-,15?/m0/s1. The van der Waals surface area contributed by atoms with Gasteiger partial charge in [-0.25, -0.2) is 23.1 Å². The van der Waals surface area contributed by atoms with Crippen LogP contribution in [0.25, 0.3) is 11.2 Å². The molecule has 1 amide bonds. The third kappa shape index (κ3) is 5.13. The number of nitrogens with zero attached hydrogens (tertiary/aromatic N) is 5. The summed E-state index contributed by atoms with van der Waals surface area (Å²) >= 11 is 6.26. The van der Waals surface area contributed by atoms with Gasteiger partial charge >= 0.3 is 0 Å². The minimum atomic E-state index is -2.72. The van der Waals surface area contributed by atoms with Gasteiger partial charge in [0, 0.05) is 30.8 Å². The van der Waals surface area contributed by atoms with Gasteiger partial charge in [0.1, 0.15) is 11.3 Å². The molecule has 0 bridgehead atoms. The molecule has 0 spiro atoms. The van der Waals surface area contributed by atoms with Gasteiger partial charge in [-0.15, -0.1) is 0 Å². The van der Waals surface area contributed by atoms with Crippen LogP contribution in [-0.4, -0.2) is 37.4 Å². The average Bonchev–Trinajstić information content (AvgIpc) is 3.39. The van der Waals surface area contributed by atoms with Crippen LogP contribution in [0.3, 0.4) is 0 Å². The normalized spacial score (nSPS) is 23.1. The summed E-state index contributed by atoms with van der Waals surface area (Å²) in [4.78, 5) is 25.1. The largest absolute Gasteiger partial charge is 0.369 e. The fraction of sp³-hybridized carbons (Fsp3) is 0.458. The Kier molecular flexibility index (Phi) is 6.58. The predicted molar refractivity (Wildman–Crippen MR) is 131 cm³/mol. The molecule has 2 fully saturated rings. The lowest BCUT2D eigenvalue weighted by Gasteiger charge is -2.29. The van der Waals surface area contributed by atoms with Crippen LogP contribution in [0.5, 0.6) is 0 Å². The number of benzene rings is 1. The van der Waals surface area contributed by atoms with Crippen molar-refractivity contribution in [3.63, 3.8) is 0 Å². The van der Waals surface area contributed by atoms with Crippen LogP contribution < -0.4 is 16.4 Å². The Morgan fingerprint density at radius 3 is 2.59 bits per heavy atom. The number of nitrogens with one attached hydrogen (secondary N) is 2. The number of imidazole rings is 1. The molecule has 2 aromatic heterocycles. The van der Waals surface area contributed by atoms with E-state index in [2.05, 4.69) is 25.6 Å². The third-order valence-corrected chi connectivity index (χ3v) is 7.34. The second kappa shape index (κ2) is 9.70. The predicted octanol–water partition coefficient (Wildman–Crippen LogP) is 5.05. The number of alkyl halides is 2. The van der Waals surface area contributed by atoms with Crippen LogP contribution in [0.4, 0.5) is 30.8 Å². The van der Waals surface area contributed by atoms with Gasteiger partial charge in [-0.05, 0) is 44.2 Å². The molecule has 0 saturated heterocycles. The Morgan fingerprint density at radius 2 is 1.97 bits per heavy atom. The van der Waals surface area contributed by atoms with Crippen LogP contribution in [0.2, 0.25) is 5.02 Å². The number of fused-ring (bicyclic) bond motifs is 1. The smallest absolute Gasteiger partial charge is 0.250 e. The molecule has 2 heterocycles. The second-order valence-electron chi connectivity index (χ2n) is 9.61. The van der Waals surface area contributed by atoms with Crippen molar-refractivity contribution >= 4 is 46.3 Å². The molecule has 1 aromatic carbocycles. The number of aromatic nitrogens is 4. The van der Waals surface area contributed by atoms with E-state index >= 15 is 0 Å². The number of nitrogens with two attached hydrogens (primary N) is 1. The molecule has 1 atom stereocenters. The molecule has 2 aliphatic carbocycles. The minimum Gasteiger partial charge on any atom is -0.369 e. The molecule has 194 valence electrons. The summed E-state index contributed by atoms with van der Waals surface area (Å²) in [6, 6.07) is 3.66. The number of amides is 1. The van der Waals surface area contributed by atoms with Crippen LogP contribution in [-0.2, 0) is 4.79 Å². The van der Waals surface area contributed by atoms with E-state index in [9.17, 15) is 18.0 Å². The topological polar surface area (TPSA) is 135 Å². The number of primary amides is 1. The Balaban J connectivity index is 1.52. The average molecular weight is 533 g/mol. The molecule has 2 aliphatic rings. The fourth-order valence-electron chi connectivity index (χ4n) is 5.14. The first-order chi connectivity index (χ1) is 17.6. The summed E-state index contributed by atoms with van der Waals surface area (Å²) < 4.78 is 44.0. The van der Waals surface area contributed by atoms with Gasteiger partial charge in [0.15, 0.2) is 5.65 Å². The zero-order valence-electron chi connectivity index (χ0n) is 19.6. The van der Waals surface area contributed by atoms with Crippen molar-refractivity contribution in [3.05, 3.63) is 34.7 Å². The maximum atomic E-state index is 14.8. The quantitative estimate of drug-likeness (QED) is 0.404. The highest BCUT2D eigenvalue weighted by atomic mass is 35.5. The summed E-state index contributed by atoms with van der Waals surface area (Å²) in [7, 11) is 0. The van der Waals surface area contributed by atoms with Crippen molar-refractivity contribution < 1.29 is 18.0 Å². The molecule has 9 nitrogen and oxygen atoms in total. The summed E-state index contributed by atoms with van der Waals surface area (Å²) in [6.07, 6.45) is 3.61. The van der Waals surface area contributed by atoms with Gasteiger partial charge in [-0.1, -0.05) is 11.6 Å². The maximum Gasteiger partial charge on any atom is 0.250 e. The van der Waals surface area contributed by atoms with Crippen molar-refractivity contribution in [2.24, 2.45) is 11.7 Å². The highest BCUT2D eigenvalue weighted by Gasteiger charge is 2.39. The first-order valence-electron chi connectivity index (χ1n) is 12.0. The summed E-state index contributed by atoms with van der Waals surface area (Å²) in [5.41, 5.74) is 6.35. The molecular weight excluding hydrogens is 509 g/mol. The van der Waals surface area contributed by atoms with Crippen LogP contribution in [0, 0.1) is 23.1 Å². The van der Waals surface area contributed by atoms with Crippen molar-refractivity contribution in [1.29, 1.82) is 5.26 Å². The first kappa shape index (κ1) is 25.1. The molecule has 5 rings (SSSR count). The number of carbonyl (C=O) groups excluding carboxylic acids is 1. The lowest BCUT2D eigenvalue weighted by Crippen LogP contribution is -2.29. The van der Waals surface area contributed by atoms with Gasteiger partial charge in [-0.2, -0.15) is 10.2 Å². The highest BCUT2D eigenvalue weighted by Crippen LogP contribution is 2.39. The van der Waals surface area contributed by atoms with E-state index in [-0.39, 0.29) is 58.9 Å². The minimum absolute atomic E-state index is 0.00296. The number of carbonyl (C=O) groups is 1. The van der Waals surface area contributed by atoms with Gasteiger partial charge in [0.2, 0.25) is 23.7 Å². The lowest BCUT2D eigenvalue weighted by molar-refractivity contribution is -0.122. The number of hydrogen-bond donors (Lipinski definition) is 3. The van der Waals surface area contributed by atoms with E-state index in [1.165, 1.54) is 12.3 Å². The Bertz CT molecular complexity index is 1370. The Morgan fingerprint density at radius 1 is 1.22 bits per heavy atom. The van der Waals surface area contributed by atoms with Crippen LogP contribution in [0.15, 0.2) is 18.3 Å². The van der Waals surface area contributed by atoms with Crippen molar-refractivity contribution in [2.45, 2.75) is 63.0 Å². The molecular formula is C24H24ClF3N8O. The molecule has 0 radical (unpaired) electrons. The number of nitriles is 1. The van der Waals surface area contributed by atoms with Gasteiger partial charge < -0.3 is 16.4 Å². The fourth-order valence-corrected chi connectivity index (χ4v) is 5.39. The van der Waals surface area contributed by atoms with E-state index in [0.717, 1.165) is 6.07 Å². The van der Waals surface area contributed by atoms with Crippen molar-refractivity contribution in [3.8, 4) is 6.07 Å². The monoisotopic (exact) mass is 532 g/mol. The van der Waals surface area contributed by atoms with E-state index in [0.29, 0.717) is 43.3 Å². The zero-order valence-corrected chi connectivity index (χ0v) is 20.4. The molecule has 0 unspecified atom stereocenters. The maximum absolute atomic E-state index is 14.8. The van der Waals surface area contributed by atoms with Crippen molar-refractivity contribution in [1.82, 2.24) is 19.5 Å². The molecule has 0 aliphatic heterocycles. The second-order valence-corrected chi connectivity index (χ2v) is 10.0. The zero-order chi connectivity index (χ0) is 26.3. The molecule has 3 aromatic rings. The highest BCUT2D eigenvalue weighted by molar-refractivity contribution is 6.33. The summed E-state index contributed by atoms with van der Waals surface area (Å²) in [5.74, 6) is -3.58. The van der Waals surface area contributed by atoms with E-state index in [1.807, 2.05) is 6.07 Å². The van der Waals surface area contributed by atoms with Crippen molar-refractivity contribution in [2.75, 3.05) is 10.6 Å². The number of rotatable bonds is 6. The number of hydrogen-bond acceptors (Lipinski definition) is 7. The molecule has 37 heavy (non-hydrogen) atoms. The van der Waals surface area contributed by atoms with E-state index in [4.69, 9.17) is 22.6 Å². The molecule has 2 saturated carbocycles. The van der Waals surface area contributed by atoms with E-state index < -0.39 is 17.8 Å². The van der Waals surface area contributed by atoms with Crippen LogP contribution >= 0.6 is 11.6 Å².